The van der Waals surface area contributed by atoms with E-state index in [2.05, 4.69) is 0 Å². The summed E-state index contributed by atoms with van der Waals surface area (Å²) >= 11 is 0. The Morgan fingerprint density at radius 3 is 1.17 bits per heavy atom. The van der Waals surface area contributed by atoms with Crippen LogP contribution in [-0.4, -0.2) is 105 Å². The molecule has 24 heavy (non-hydrogen) atoms. The average molecular weight is 342 g/mol. The molecule has 0 aromatic heterocycles. The molecule has 0 saturated carbocycles. The van der Waals surface area contributed by atoms with E-state index in [1.165, 1.54) is 0 Å². The van der Waals surface area contributed by atoms with Crippen molar-refractivity contribution in [2.45, 2.75) is 25.9 Å². The summed E-state index contributed by atoms with van der Waals surface area (Å²) in [4.78, 5) is 52.4. The summed E-state index contributed by atoms with van der Waals surface area (Å²) in [6.07, 6.45) is 0. The number of nitrogens with zero attached hydrogens (tertiary/aromatic N) is 4. The largest absolute Gasteiger partial charge is 0.376 e. The van der Waals surface area contributed by atoms with Gasteiger partial charge in [0.2, 0.25) is 23.6 Å². The van der Waals surface area contributed by atoms with Crippen molar-refractivity contribution < 1.29 is 29.4 Å². The van der Waals surface area contributed by atoms with Crippen LogP contribution in [0.4, 0.5) is 0 Å². The smallest absolute Gasteiger partial charge is 0.245 e. The molecule has 0 unspecified atom stereocenters. The molecule has 2 atom stereocenters. The topological polar surface area (TPSA) is 122 Å². The predicted molar refractivity (Wildman–Crippen MR) is 79.9 cm³/mol. The molecule has 0 aromatic rings. The molecule has 0 spiro atoms. The summed E-state index contributed by atoms with van der Waals surface area (Å²) in [5.74, 6) is -1.93. The molecule has 2 heterocycles. The molecular formula is C14H22N4O6. The molecule has 2 aliphatic rings. The van der Waals surface area contributed by atoms with E-state index < -0.39 is 37.1 Å². The molecule has 4 amide bonds. The molecule has 10 nitrogen and oxygen atoms in total. The molecule has 2 aliphatic heterocycles. The van der Waals surface area contributed by atoms with Crippen LogP contribution in [0.2, 0.25) is 0 Å². The van der Waals surface area contributed by atoms with Gasteiger partial charge in [0.15, 0.2) is 0 Å². The molecular weight excluding hydrogens is 320 g/mol. The summed E-state index contributed by atoms with van der Waals surface area (Å²) in [6, 6.07) is -0.528. The van der Waals surface area contributed by atoms with E-state index in [0.717, 1.165) is 9.80 Å². The second-order valence-corrected chi connectivity index (χ2v) is 6.01. The van der Waals surface area contributed by atoms with Gasteiger partial charge in [-0.05, 0) is 13.8 Å². The monoisotopic (exact) mass is 342 g/mol. The highest BCUT2D eigenvalue weighted by molar-refractivity contribution is 6.00. The SMILES string of the molecule is C[C@H]([C@H](C)N1CC(=O)N(CO)C(=O)C1)N1CC(=O)N(CO)C(=O)C1. The van der Waals surface area contributed by atoms with Gasteiger partial charge in [0, 0.05) is 12.1 Å². The quantitative estimate of drug-likeness (QED) is 0.507. The second-order valence-electron chi connectivity index (χ2n) is 6.01. The highest BCUT2D eigenvalue weighted by Gasteiger charge is 2.38. The van der Waals surface area contributed by atoms with Crippen LogP contribution in [0.25, 0.3) is 0 Å². The number of rotatable bonds is 5. The Kier molecular flexibility index (Phi) is 5.65. The molecule has 2 saturated heterocycles. The van der Waals surface area contributed by atoms with E-state index in [9.17, 15) is 19.2 Å². The van der Waals surface area contributed by atoms with Gasteiger partial charge in [-0.1, -0.05) is 0 Å². The van der Waals surface area contributed by atoms with E-state index in [1.54, 1.807) is 9.80 Å². The van der Waals surface area contributed by atoms with Crippen molar-refractivity contribution in [2.75, 3.05) is 39.6 Å². The molecule has 134 valence electrons. The lowest BCUT2D eigenvalue weighted by Gasteiger charge is -2.42. The van der Waals surface area contributed by atoms with Crippen LogP contribution < -0.4 is 0 Å². The van der Waals surface area contributed by atoms with Crippen molar-refractivity contribution in [3.8, 4) is 0 Å². The fourth-order valence-electron chi connectivity index (χ4n) is 2.93. The van der Waals surface area contributed by atoms with E-state index in [4.69, 9.17) is 10.2 Å². The molecule has 0 bridgehead atoms. The van der Waals surface area contributed by atoms with Gasteiger partial charge in [0.1, 0.15) is 13.5 Å². The van der Waals surface area contributed by atoms with Crippen molar-refractivity contribution in [3.63, 3.8) is 0 Å². The molecule has 2 fully saturated rings. The second kappa shape index (κ2) is 7.34. The number of hydrogen-bond donors (Lipinski definition) is 2. The van der Waals surface area contributed by atoms with Crippen molar-refractivity contribution in [1.29, 1.82) is 0 Å². The summed E-state index contributed by atoms with van der Waals surface area (Å²) in [7, 11) is 0. The van der Waals surface area contributed by atoms with Gasteiger partial charge in [0.25, 0.3) is 0 Å². The first-order valence-corrected chi connectivity index (χ1v) is 7.66. The van der Waals surface area contributed by atoms with Crippen molar-refractivity contribution in [1.82, 2.24) is 19.6 Å². The standard InChI is InChI=1S/C14H22N4O6/c1-9(15-3-11(21)17(7-19)12(22)4-15)10(2)16-5-13(23)18(8-20)14(24)6-16/h9-10,19-20H,3-8H2,1-2H3/t9-,10+. The first-order valence-electron chi connectivity index (χ1n) is 7.66. The molecule has 2 rings (SSSR count). The number of carbonyl (C=O) groups is 4. The van der Waals surface area contributed by atoms with Gasteiger partial charge in [-0.25, -0.2) is 0 Å². The number of imide groups is 2. The number of aliphatic hydroxyl groups excluding tert-OH is 2. The minimum atomic E-state index is -0.637. The first kappa shape index (κ1) is 18.5. The third-order valence-corrected chi connectivity index (χ3v) is 4.69. The van der Waals surface area contributed by atoms with Crippen LogP contribution in [0.1, 0.15) is 13.8 Å². The molecule has 0 aromatic carbocycles. The Bertz CT molecular complexity index is 469. The van der Waals surface area contributed by atoms with Crippen molar-refractivity contribution >= 4 is 23.6 Å². The van der Waals surface area contributed by atoms with E-state index >= 15 is 0 Å². The Hall–Kier alpha value is -1.88. The zero-order valence-electron chi connectivity index (χ0n) is 13.7. The maximum Gasteiger partial charge on any atom is 0.245 e. The fourth-order valence-corrected chi connectivity index (χ4v) is 2.93. The van der Waals surface area contributed by atoms with Crippen LogP contribution in [-0.2, 0) is 19.2 Å². The predicted octanol–water partition coefficient (Wildman–Crippen LogP) is -3.00. The Morgan fingerprint density at radius 2 is 0.958 bits per heavy atom. The highest BCUT2D eigenvalue weighted by Crippen LogP contribution is 2.17. The minimum absolute atomic E-state index is 0.0176. The van der Waals surface area contributed by atoms with Gasteiger partial charge < -0.3 is 10.2 Å². The van der Waals surface area contributed by atoms with E-state index in [0.29, 0.717) is 0 Å². The number of amides is 4. The third kappa shape index (κ3) is 3.46. The zero-order valence-corrected chi connectivity index (χ0v) is 13.7. The summed E-state index contributed by atoms with van der Waals surface area (Å²) in [5.41, 5.74) is 0. The molecule has 0 aliphatic carbocycles. The van der Waals surface area contributed by atoms with Gasteiger partial charge >= 0.3 is 0 Å². The first-order chi connectivity index (χ1) is 11.3. The molecule has 0 radical (unpaired) electrons. The van der Waals surface area contributed by atoms with Crippen molar-refractivity contribution in [2.24, 2.45) is 0 Å². The fraction of sp³-hybridized carbons (Fsp3) is 0.714. The van der Waals surface area contributed by atoms with Crippen LogP contribution in [0, 0.1) is 0 Å². The summed E-state index contributed by atoms with van der Waals surface area (Å²) in [6.45, 7) is 2.28. The van der Waals surface area contributed by atoms with Crippen LogP contribution >= 0.6 is 0 Å². The number of piperazine rings is 2. The zero-order chi connectivity index (χ0) is 18.0. The van der Waals surface area contributed by atoms with Crippen LogP contribution in [0.5, 0.6) is 0 Å². The van der Waals surface area contributed by atoms with Gasteiger partial charge in [0.05, 0.1) is 26.2 Å². The lowest BCUT2D eigenvalue weighted by atomic mass is 10.1. The third-order valence-electron chi connectivity index (χ3n) is 4.69. The Morgan fingerprint density at radius 1 is 0.708 bits per heavy atom. The molecule has 10 heteroatoms. The Labute approximate surface area is 139 Å². The van der Waals surface area contributed by atoms with Gasteiger partial charge in [-0.2, -0.15) is 0 Å². The van der Waals surface area contributed by atoms with E-state index in [-0.39, 0.29) is 38.3 Å². The maximum atomic E-state index is 11.9. The van der Waals surface area contributed by atoms with Gasteiger partial charge in [-0.15, -0.1) is 0 Å². The number of aliphatic hydroxyl groups is 2. The van der Waals surface area contributed by atoms with Crippen LogP contribution in [0.15, 0.2) is 0 Å². The van der Waals surface area contributed by atoms with E-state index in [1.807, 2.05) is 13.8 Å². The van der Waals surface area contributed by atoms with Crippen molar-refractivity contribution in [3.05, 3.63) is 0 Å². The maximum absolute atomic E-state index is 11.9. The average Bonchev–Trinajstić information content (AvgIpc) is 2.52. The van der Waals surface area contributed by atoms with Crippen LogP contribution in [0.3, 0.4) is 0 Å². The summed E-state index contributed by atoms with van der Waals surface area (Å²) < 4.78 is 0. The lowest BCUT2D eigenvalue weighted by Crippen LogP contribution is -2.63. The summed E-state index contributed by atoms with van der Waals surface area (Å²) in [5, 5.41) is 18.1. The highest BCUT2D eigenvalue weighted by atomic mass is 16.3. The normalized spacial score (nSPS) is 23.8. The number of carbonyl (C=O) groups excluding carboxylic acids is 4. The lowest BCUT2D eigenvalue weighted by molar-refractivity contribution is -0.161. The number of hydrogen-bond acceptors (Lipinski definition) is 8. The molecule has 2 N–H and O–H groups in total. The Balaban J connectivity index is 2.03. The minimum Gasteiger partial charge on any atom is -0.376 e. The van der Waals surface area contributed by atoms with Gasteiger partial charge in [-0.3, -0.25) is 38.8 Å².